The van der Waals surface area contributed by atoms with Crippen LogP contribution in [0, 0.1) is 5.92 Å². The molecule has 20 heavy (non-hydrogen) atoms. The van der Waals surface area contributed by atoms with Crippen molar-refractivity contribution in [2.75, 3.05) is 13.1 Å². The van der Waals surface area contributed by atoms with Crippen molar-refractivity contribution < 1.29 is 4.79 Å². The first-order chi connectivity index (χ1) is 9.45. The number of hydrogen-bond donors (Lipinski definition) is 1. The minimum absolute atomic E-state index is 0.130. The fraction of sp³-hybridized carbons (Fsp3) is 0.562. The molecule has 0 spiro atoms. The Hall–Kier alpha value is -0.870. The molecule has 0 bridgehead atoms. The molecule has 1 aromatic carbocycles. The molecule has 3 unspecified atom stereocenters. The van der Waals surface area contributed by atoms with Crippen LogP contribution in [0.4, 0.5) is 0 Å². The molecule has 2 N–H and O–H groups in total. The van der Waals surface area contributed by atoms with Gasteiger partial charge in [0, 0.05) is 30.0 Å². The largest absolute Gasteiger partial charge is 0.341 e. The van der Waals surface area contributed by atoms with Crippen LogP contribution >= 0.6 is 15.9 Å². The van der Waals surface area contributed by atoms with Gasteiger partial charge in [0.05, 0.1) is 0 Å². The molecule has 1 fully saturated rings. The van der Waals surface area contributed by atoms with Gasteiger partial charge in [-0.15, -0.1) is 0 Å². The number of halogens is 1. The number of carbonyl (C=O) groups is 1. The van der Waals surface area contributed by atoms with Gasteiger partial charge in [-0.3, -0.25) is 4.79 Å². The van der Waals surface area contributed by atoms with Crippen LogP contribution < -0.4 is 5.73 Å². The number of rotatable bonds is 3. The highest BCUT2D eigenvalue weighted by Crippen LogP contribution is 2.23. The molecule has 110 valence electrons. The SMILES string of the molecule is CC1CC(N)CN(C(=O)CC(C)c2ccc(Br)cc2)C1. The number of nitrogens with two attached hydrogens (primary N) is 1. The molecule has 0 saturated carbocycles. The number of amides is 1. The molecular weight excluding hydrogens is 316 g/mol. The second-order valence-electron chi connectivity index (χ2n) is 6.06. The Morgan fingerprint density at radius 1 is 1.40 bits per heavy atom. The molecule has 0 radical (unpaired) electrons. The Morgan fingerprint density at radius 2 is 2.05 bits per heavy atom. The summed E-state index contributed by atoms with van der Waals surface area (Å²) in [5.41, 5.74) is 7.22. The third-order valence-corrected chi connectivity index (χ3v) is 4.49. The second kappa shape index (κ2) is 6.72. The summed E-state index contributed by atoms with van der Waals surface area (Å²) in [5.74, 6) is 0.970. The lowest BCUT2D eigenvalue weighted by molar-refractivity contribution is -0.133. The van der Waals surface area contributed by atoms with Crippen LogP contribution in [0.5, 0.6) is 0 Å². The van der Waals surface area contributed by atoms with Gasteiger partial charge in [-0.05, 0) is 36.0 Å². The molecule has 3 atom stereocenters. The minimum atomic E-state index is 0.130. The normalized spacial score (nSPS) is 24.5. The average molecular weight is 339 g/mol. The van der Waals surface area contributed by atoms with Gasteiger partial charge in [0.1, 0.15) is 0 Å². The van der Waals surface area contributed by atoms with Crippen molar-refractivity contribution in [3.63, 3.8) is 0 Å². The maximum Gasteiger partial charge on any atom is 0.223 e. The van der Waals surface area contributed by atoms with Gasteiger partial charge in [0.2, 0.25) is 5.91 Å². The van der Waals surface area contributed by atoms with Crippen LogP contribution in [0.3, 0.4) is 0 Å². The van der Waals surface area contributed by atoms with E-state index in [1.165, 1.54) is 5.56 Å². The highest BCUT2D eigenvalue weighted by atomic mass is 79.9. The molecule has 1 amide bonds. The van der Waals surface area contributed by atoms with E-state index in [0.717, 1.165) is 17.4 Å². The fourth-order valence-electron chi connectivity index (χ4n) is 2.90. The van der Waals surface area contributed by atoms with Gasteiger partial charge in [-0.2, -0.15) is 0 Å². The Balaban J connectivity index is 1.95. The first-order valence-corrected chi connectivity index (χ1v) is 8.04. The van der Waals surface area contributed by atoms with Gasteiger partial charge < -0.3 is 10.6 Å². The van der Waals surface area contributed by atoms with Crippen molar-refractivity contribution in [2.24, 2.45) is 11.7 Å². The monoisotopic (exact) mass is 338 g/mol. The maximum absolute atomic E-state index is 12.4. The van der Waals surface area contributed by atoms with E-state index in [1.807, 2.05) is 17.0 Å². The molecule has 0 aliphatic carbocycles. The van der Waals surface area contributed by atoms with Crippen LogP contribution in [0.15, 0.2) is 28.7 Å². The molecule has 1 aromatic rings. The number of carbonyl (C=O) groups excluding carboxylic acids is 1. The molecule has 0 aromatic heterocycles. The summed E-state index contributed by atoms with van der Waals surface area (Å²) in [6, 6.07) is 8.33. The first kappa shape index (κ1) is 15.5. The van der Waals surface area contributed by atoms with Crippen LogP contribution in [0.25, 0.3) is 0 Å². The topological polar surface area (TPSA) is 46.3 Å². The van der Waals surface area contributed by atoms with E-state index in [0.29, 0.717) is 18.9 Å². The van der Waals surface area contributed by atoms with E-state index in [-0.39, 0.29) is 17.9 Å². The van der Waals surface area contributed by atoms with Gasteiger partial charge in [0.25, 0.3) is 0 Å². The summed E-state index contributed by atoms with van der Waals surface area (Å²) in [6.07, 6.45) is 1.58. The van der Waals surface area contributed by atoms with E-state index < -0.39 is 0 Å². The predicted molar refractivity (Wildman–Crippen MR) is 85.5 cm³/mol. The van der Waals surface area contributed by atoms with E-state index in [4.69, 9.17) is 5.73 Å². The van der Waals surface area contributed by atoms with Crippen molar-refractivity contribution in [1.29, 1.82) is 0 Å². The van der Waals surface area contributed by atoms with Crippen molar-refractivity contribution >= 4 is 21.8 Å². The van der Waals surface area contributed by atoms with Crippen LogP contribution in [-0.2, 0) is 4.79 Å². The molecule has 1 saturated heterocycles. The lowest BCUT2D eigenvalue weighted by Gasteiger charge is -2.35. The van der Waals surface area contributed by atoms with Crippen LogP contribution in [-0.4, -0.2) is 29.9 Å². The van der Waals surface area contributed by atoms with E-state index >= 15 is 0 Å². The Labute approximate surface area is 129 Å². The average Bonchev–Trinajstić information content (AvgIpc) is 2.38. The van der Waals surface area contributed by atoms with Gasteiger partial charge in [-0.25, -0.2) is 0 Å². The van der Waals surface area contributed by atoms with Gasteiger partial charge in [0.15, 0.2) is 0 Å². The molecular formula is C16H23BrN2O. The second-order valence-corrected chi connectivity index (χ2v) is 6.97. The fourth-order valence-corrected chi connectivity index (χ4v) is 3.17. The zero-order valence-corrected chi connectivity index (χ0v) is 13.8. The van der Waals surface area contributed by atoms with Crippen molar-refractivity contribution in [3.05, 3.63) is 34.3 Å². The summed E-state index contributed by atoms with van der Waals surface area (Å²) in [6.45, 7) is 5.82. The van der Waals surface area contributed by atoms with Crippen molar-refractivity contribution in [2.45, 2.75) is 38.6 Å². The van der Waals surface area contributed by atoms with Crippen LogP contribution in [0.1, 0.15) is 38.2 Å². The summed E-state index contributed by atoms with van der Waals surface area (Å²) in [4.78, 5) is 14.3. The highest BCUT2D eigenvalue weighted by Gasteiger charge is 2.26. The molecule has 1 aliphatic rings. The molecule has 2 rings (SSSR count). The quantitative estimate of drug-likeness (QED) is 0.920. The Kier molecular flexibility index (Phi) is 5.22. The highest BCUT2D eigenvalue weighted by molar-refractivity contribution is 9.10. The third-order valence-electron chi connectivity index (χ3n) is 3.96. The Morgan fingerprint density at radius 3 is 2.65 bits per heavy atom. The molecule has 4 heteroatoms. The standard InChI is InChI=1S/C16H23BrN2O/c1-11-7-15(18)10-19(9-11)16(20)8-12(2)13-3-5-14(17)6-4-13/h3-6,11-12,15H,7-10,18H2,1-2H3. The molecule has 3 nitrogen and oxygen atoms in total. The third kappa shape index (κ3) is 4.06. The lowest BCUT2D eigenvalue weighted by atomic mass is 9.94. The van der Waals surface area contributed by atoms with Gasteiger partial charge in [-0.1, -0.05) is 41.9 Å². The lowest BCUT2D eigenvalue weighted by Crippen LogP contribution is -2.49. The summed E-state index contributed by atoms with van der Waals surface area (Å²) in [7, 11) is 0. The number of hydrogen-bond acceptors (Lipinski definition) is 2. The Bertz CT molecular complexity index is 450. The van der Waals surface area contributed by atoms with E-state index in [9.17, 15) is 4.79 Å². The zero-order chi connectivity index (χ0) is 14.7. The van der Waals surface area contributed by atoms with E-state index in [2.05, 4.69) is 41.9 Å². The number of likely N-dealkylation sites (tertiary alicyclic amines) is 1. The van der Waals surface area contributed by atoms with Crippen molar-refractivity contribution in [3.8, 4) is 0 Å². The van der Waals surface area contributed by atoms with Gasteiger partial charge >= 0.3 is 0 Å². The zero-order valence-electron chi connectivity index (χ0n) is 12.2. The molecule has 1 heterocycles. The van der Waals surface area contributed by atoms with E-state index in [1.54, 1.807) is 0 Å². The summed E-state index contributed by atoms with van der Waals surface area (Å²) in [5, 5.41) is 0. The maximum atomic E-state index is 12.4. The number of piperidine rings is 1. The summed E-state index contributed by atoms with van der Waals surface area (Å²) >= 11 is 3.43. The minimum Gasteiger partial charge on any atom is -0.341 e. The number of benzene rings is 1. The summed E-state index contributed by atoms with van der Waals surface area (Å²) < 4.78 is 1.07. The van der Waals surface area contributed by atoms with Crippen molar-refractivity contribution in [1.82, 2.24) is 4.90 Å². The molecule has 1 aliphatic heterocycles. The predicted octanol–water partition coefficient (Wildman–Crippen LogP) is 3.14. The number of nitrogens with zero attached hydrogens (tertiary/aromatic N) is 1. The smallest absolute Gasteiger partial charge is 0.223 e. The first-order valence-electron chi connectivity index (χ1n) is 7.24. The van der Waals surface area contributed by atoms with Crippen LogP contribution in [0.2, 0.25) is 0 Å².